The van der Waals surface area contributed by atoms with E-state index >= 15 is 0 Å². The van der Waals surface area contributed by atoms with Crippen molar-refractivity contribution in [2.45, 2.75) is 29.9 Å². The van der Waals surface area contributed by atoms with Crippen molar-refractivity contribution in [3.63, 3.8) is 0 Å². The molecule has 2 rings (SSSR count). The smallest absolute Gasteiger partial charge is 0.334 e. The van der Waals surface area contributed by atoms with E-state index in [1.54, 1.807) is 0 Å². The van der Waals surface area contributed by atoms with E-state index < -0.39 is 24.4 Å². The summed E-state index contributed by atoms with van der Waals surface area (Å²) in [5.41, 5.74) is 0.245. The van der Waals surface area contributed by atoms with Gasteiger partial charge in [0.1, 0.15) is 12.4 Å². The van der Waals surface area contributed by atoms with Gasteiger partial charge in [0.05, 0.1) is 6.54 Å². The number of nitrogens with zero attached hydrogens (tertiary/aromatic N) is 3. The zero-order chi connectivity index (χ0) is 18.6. The van der Waals surface area contributed by atoms with Crippen LogP contribution in [0.1, 0.15) is 16.2 Å². The Labute approximate surface area is 144 Å². The molecule has 10 heteroatoms. The molecule has 25 heavy (non-hydrogen) atoms. The molecule has 4 nitrogen and oxygen atoms in total. The second-order valence-corrected chi connectivity index (χ2v) is 6.21. The van der Waals surface area contributed by atoms with Crippen LogP contribution in [0, 0.1) is 0 Å². The van der Waals surface area contributed by atoms with Crippen molar-refractivity contribution in [2.24, 2.45) is 0 Å². The van der Waals surface area contributed by atoms with Crippen LogP contribution in [0.2, 0.25) is 0 Å². The third-order valence-electron chi connectivity index (χ3n) is 3.20. The summed E-state index contributed by atoms with van der Waals surface area (Å²) in [6.45, 7) is -1.31. The Balaban J connectivity index is 2.04. The molecule has 0 radical (unpaired) electrons. The minimum Gasteiger partial charge on any atom is -0.334 e. The maximum atomic E-state index is 12.5. The third kappa shape index (κ3) is 5.73. The summed E-state index contributed by atoms with van der Waals surface area (Å²) in [7, 11) is 1.43. The molecule has 0 bridgehead atoms. The Morgan fingerprint density at radius 3 is 2.48 bits per heavy atom. The SMILES string of the molecule is CN(Cc1nccn1CC(F)(F)F)C(=O)c1ccc(SC(F)F)cc1. The van der Waals surface area contributed by atoms with E-state index in [9.17, 15) is 26.7 Å². The zero-order valence-electron chi connectivity index (χ0n) is 13.0. The number of aromatic nitrogens is 2. The molecule has 0 aliphatic rings. The second-order valence-electron chi connectivity index (χ2n) is 5.15. The molecule has 0 atom stereocenters. The summed E-state index contributed by atoms with van der Waals surface area (Å²) in [6.07, 6.45) is -1.97. The molecule has 1 amide bonds. The van der Waals surface area contributed by atoms with Gasteiger partial charge in [0.2, 0.25) is 0 Å². The summed E-state index contributed by atoms with van der Waals surface area (Å²) in [5.74, 6) is -2.91. The van der Waals surface area contributed by atoms with Gasteiger partial charge in [-0.25, -0.2) is 4.98 Å². The van der Waals surface area contributed by atoms with E-state index in [1.165, 1.54) is 48.6 Å². The van der Waals surface area contributed by atoms with E-state index in [4.69, 9.17) is 0 Å². The van der Waals surface area contributed by atoms with Gasteiger partial charge in [-0.3, -0.25) is 4.79 Å². The molecular formula is C15H14F5N3OS. The maximum Gasteiger partial charge on any atom is 0.406 e. The van der Waals surface area contributed by atoms with Crippen LogP contribution in [0.5, 0.6) is 0 Å². The molecule has 0 unspecified atom stereocenters. The van der Waals surface area contributed by atoms with E-state index in [1.807, 2.05) is 0 Å². The highest BCUT2D eigenvalue weighted by Gasteiger charge is 2.29. The lowest BCUT2D eigenvalue weighted by Gasteiger charge is -2.18. The number of halogens is 5. The molecule has 136 valence electrons. The Bertz CT molecular complexity index is 715. The van der Waals surface area contributed by atoms with Crippen LogP contribution in [0.25, 0.3) is 0 Å². The highest BCUT2D eigenvalue weighted by molar-refractivity contribution is 7.99. The number of carbonyl (C=O) groups excluding carboxylic acids is 1. The summed E-state index contributed by atoms with van der Waals surface area (Å²) < 4.78 is 63.0. The minimum absolute atomic E-state index is 0.0954. The van der Waals surface area contributed by atoms with Crippen molar-refractivity contribution in [3.05, 3.63) is 48.0 Å². The first-order valence-electron chi connectivity index (χ1n) is 7.03. The Kier molecular flexibility index (Phi) is 6.04. The van der Waals surface area contributed by atoms with Crippen LogP contribution in [0.4, 0.5) is 22.0 Å². The fraction of sp³-hybridized carbons (Fsp3) is 0.333. The fourth-order valence-corrected chi connectivity index (χ4v) is 2.61. The highest BCUT2D eigenvalue weighted by atomic mass is 32.2. The van der Waals surface area contributed by atoms with Gasteiger partial charge in [-0.05, 0) is 24.3 Å². The minimum atomic E-state index is -4.39. The van der Waals surface area contributed by atoms with Gasteiger partial charge in [0.15, 0.2) is 0 Å². The average molecular weight is 379 g/mol. The van der Waals surface area contributed by atoms with Crippen molar-refractivity contribution < 1.29 is 26.7 Å². The van der Waals surface area contributed by atoms with Gasteiger partial charge >= 0.3 is 6.18 Å². The van der Waals surface area contributed by atoms with Crippen molar-refractivity contribution in [3.8, 4) is 0 Å². The van der Waals surface area contributed by atoms with Gasteiger partial charge in [0, 0.05) is 29.9 Å². The lowest BCUT2D eigenvalue weighted by Crippen LogP contribution is -2.29. The quantitative estimate of drug-likeness (QED) is 0.562. The number of thioether (sulfide) groups is 1. The molecule has 0 spiro atoms. The van der Waals surface area contributed by atoms with Gasteiger partial charge in [-0.15, -0.1) is 0 Å². The third-order valence-corrected chi connectivity index (χ3v) is 3.93. The zero-order valence-corrected chi connectivity index (χ0v) is 13.8. The normalized spacial score (nSPS) is 11.8. The first-order valence-corrected chi connectivity index (χ1v) is 7.91. The van der Waals surface area contributed by atoms with E-state index in [-0.39, 0.29) is 17.9 Å². The fourth-order valence-electron chi connectivity index (χ4n) is 2.11. The predicted octanol–water partition coefficient (Wildman–Crippen LogP) is 4.03. The van der Waals surface area contributed by atoms with Crippen LogP contribution in [-0.2, 0) is 13.1 Å². The number of amides is 1. The number of rotatable bonds is 6. The first kappa shape index (κ1) is 19.2. The Hall–Kier alpha value is -2.10. The monoisotopic (exact) mass is 379 g/mol. The number of hydrogen-bond donors (Lipinski definition) is 0. The number of hydrogen-bond acceptors (Lipinski definition) is 3. The maximum absolute atomic E-state index is 12.5. The van der Waals surface area contributed by atoms with Gasteiger partial charge in [0.25, 0.3) is 11.7 Å². The molecule has 1 heterocycles. The van der Waals surface area contributed by atoms with Crippen LogP contribution in [-0.4, -0.2) is 39.3 Å². The van der Waals surface area contributed by atoms with Crippen molar-refractivity contribution >= 4 is 17.7 Å². The number of alkyl halides is 5. The first-order chi connectivity index (χ1) is 11.7. The number of imidazole rings is 1. The topological polar surface area (TPSA) is 38.1 Å². The van der Waals surface area contributed by atoms with Crippen LogP contribution >= 0.6 is 11.8 Å². The van der Waals surface area contributed by atoms with Crippen molar-refractivity contribution in [1.82, 2.24) is 14.5 Å². The molecular weight excluding hydrogens is 365 g/mol. The Morgan fingerprint density at radius 2 is 1.92 bits per heavy atom. The summed E-state index contributed by atoms with van der Waals surface area (Å²) in [6, 6.07) is 5.57. The van der Waals surface area contributed by atoms with E-state index in [0.29, 0.717) is 16.7 Å². The summed E-state index contributed by atoms with van der Waals surface area (Å²) >= 11 is 0.360. The van der Waals surface area contributed by atoms with E-state index in [0.717, 1.165) is 4.57 Å². The Morgan fingerprint density at radius 1 is 1.28 bits per heavy atom. The molecule has 2 aromatic rings. The van der Waals surface area contributed by atoms with Gasteiger partial charge < -0.3 is 9.47 Å². The summed E-state index contributed by atoms with van der Waals surface area (Å²) in [4.78, 5) is 17.7. The number of carbonyl (C=O) groups is 1. The number of benzene rings is 1. The van der Waals surface area contributed by atoms with Gasteiger partial charge in [-0.1, -0.05) is 11.8 Å². The standard InChI is InChI=1S/C15H14F5N3OS/c1-22(8-12-21-6-7-23(12)9-15(18,19)20)13(24)10-2-4-11(5-3-10)25-14(16)17/h2-7,14H,8-9H2,1H3. The lowest BCUT2D eigenvalue weighted by atomic mass is 10.2. The molecule has 0 aliphatic heterocycles. The van der Waals surface area contributed by atoms with Crippen molar-refractivity contribution in [2.75, 3.05) is 7.05 Å². The lowest BCUT2D eigenvalue weighted by molar-refractivity contribution is -0.141. The molecule has 0 saturated heterocycles. The second kappa shape index (κ2) is 7.85. The highest BCUT2D eigenvalue weighted by Crippen LogP contribution is 2.25. The molecule has 1 aromatic heterocycles. The molecule has 0 N–H and O–H groups in total. The van der Waals surface area contributed by atoms with Gasteiger partial charge in [-0.2, -0.15) is 22.0 Å². The largest absolute Gasteiger partial charge is 0.406 e. The predicted molar refractivity (Wildman–Crippen MR) is 82.4 cm³/mol. The summed E-state index contributed by atoms with van der Waals surface area (Å²) in [5, 5.41) is 0. The molecule has 1 aromatic carbocycles. The van der Waals surface area contributed by atoms with E-state index in [2.05, 4.69) is 4.98 Å². The van der Waals surface area contributed by atoms with Crippen molar-refractivity contribution in [1.29, 1.82) is 0 Å². The molecule has 0 fully saturated rings. The van der Waals surface area contributed by atoms with Crippen LogP contribution < -0.4 is 0 Å². The molecule has 0 aliphatic carbocycles. The molecule has 0 saturated carbocycles. The average Bonchev–Trinajstić information content (AvgIpc) is 2.91. The van der Waals surface area contributed by atoms with Crippen LogP contribution in [0.15, 0.2) is 41.6 Å². The van der Waals surface area contributed by atoms with Crippen LogP contribution in [0.3, 0.4) is 0 Å².